The second-order valence-corrected chi connectivity index (χ2v) is 10.7. The van der Waals surface area contributed by atoms with Gasteiger partial charge in [0.2, 0.25) is 5.91 Å². The van der Waals surface area contributed by atoms with Crippen molar-refractivity contribution in [2.24, 2.45) is 0 Å². The summed E-state index contributed by atoms with van der Waals surface area (Å²) in [4.78, 5) is 34.5. The van der Waals surface area contributed by atoms with E-state index in [9.17, 15) is 14.0 Å². The van der Waals surface area contributed by atoms with Crippen LogP contribution in [0.4, 0.5) is 9.52 Å². The molecule has 0 saturated carbocycles. The van der Waals surface area contributed by atoms with Gasteiger partial charge in [0, 0.05) is 12.1 Å². The molecule has 6 rings (SSSR count). The van der Waals surface area contributed by atoms with Crippen molar-refractivity contribution in [1.29, 1.82) is 0 Å². The zero-order chi connectivity index (χ0) is 28.5. The summed E-state index contributed by atoms with van der Waals surface area (Å²) in [5, 5.41) is 3.47. The molecule has 0 fully saturated rings. The molecule has 0 saturated heterocycles. The Balaban J connectivity index is 1.44. The fourth-order valence-electron chi connectivity index (χ4n) is 5.28. The van der Waals surface area contributed by atoms with Crippen LogP contribution in [0, 0.1) is 5.82 Å². The van der Waals surface area contributed by atoms with E-state index in [1.165, 1.54) is 23.5 Å². The maximum Gasteiger partial charge on any atom is 0.255 e. The first-order valence-corrected chi connectivity index (χ1v) is 13.8. The lowest BCUT2D eigenvalue weighted by molar-refractivity contribution is -0.119. The minimum atomic E-state index is -0.751. The summed E-state index contributed by atoms with van der Waals surface area (Å²) in [7, 11) is 3.18. The van der Waals surface area contributed by atoms with E-state index in [0.717, 1.165) is 21.3 Å². The molecule has 2 amide bonds. The van der Waals surface area contributed by atoms with E-state index in [4.69, 9.17) is 9.47 Å². The lowest BCUT2D eigenvalue weighted by atomic mass is 9.79. The highest BCUT2D eigenvalue weighted by atomic mass is 32.1. The Morgan fingerprint density at radius 1 is 0.951 bits per heavy atom. The molecular weight excluding hydrogens is 541 g/mol. The van der Waals surface area contributed by atoms with Gasteiger partial charge in [0.1, 0.15) is 17.3 Å². The fourth-order valence-corrected chi connectivity index (χ4v) is 6.17. The van der Waals surface area contributed by atoms with Crippen LogP contribution in [0.1, 0.15) is 39.0 Å². The van der Waals surface area contributed by atoms with E-state index in [1.54, 1.807) is 43.4 Å². The first-order valence-electron chi connectivity index (χ1n) is 13.0. The van der Waals surface area contributed by atoms with Crippen molar-refractivity contribution in [3.8, 4) is 11.5 Å². The van der Waals surface area contributed by atoms with Gasteiger partial charge in [-0.2, -0.15) is 0 Å². The number of hydrogen-bond donors (Lipinski definition) is 1. The van der Waals surface area contributed by atoms with Gasteiger partial charge in [-0.25, -0.2) is 9.37 Å². The third-order valence-electron chi connectivity index (χ3n) is 7.27. The maximum atomic E-state index is 14.2. The topological polar surface area (TPSA) is 80.8 Å². The summed E-state index contributed by atoms with van der Waals surface area (Å²) in [5.74, 6) is -0.245. The van der Waals surface area contributed by atoms with Crippen LogP contribution < -0.4 is 14.8 Å². The van der Waals surface area contributed by atoms with Crippen LogP contribution in [0.5, 0.6) is 11.5 Å². The Bertz CT molecular complexity index is 1740. The highest BCUT2D eigenvalue weighted by Crippen LogP contribution is 2.44. The molecule has 0 spiro atoms. The van der Waals surface area contributed by atoms with Gasteiger partial charge in [0.05, 0.1) is 36.4 Å². The summed E-state index contributed by atoms with van der Waals surface area (Å²) in [6, 6.07) is 25.5. The van der Waals surface area contributed by atoms with Crippen molar-refractivity contribution >= 4 is 38.5 Å². The molecule has 206 valence electrons. The van der Waals surface area contributed by atoms with Gasteiger partial charge in [-0.15, -0.1) is 0 Å². The van der Waals surface area contributed by atoms with Crippen LogP contribution >= 0.6 is 11.3 Å². The first-order chi connectivity index (χ1) is 19.9. The summed E-state index contributed by atoms with van der Waals surface area (Å²) in [5.41, 5.74) is 3.35. The maximum absolute atomic E-state index is 14.2. The monoisotopic (exact) mass is 567 g/mol. The third kappa shape index (κ3) is 5.12. The molecule has 0 bridgehead atoms. The van der Waals surface area contributed by atoms with Crippen LogP contribution in [0.2, 0.25) is 0 Å². The number of hydrogen-bond acceptors (Lipinski definition) is 6. The smallest absolute Gasteiger partial charge is 0.255 e. The van der Waals surface area contributed by atoms with E-state index in [-0.39, 0.29) is 24.2 Å². The van der Waals surface area contributed by atoms with Crippen molar-refractivity contribution in [2.45, 2.75) is 18.5 Å². The van der Waals surface area contributed by atoms with Gasteiger partial charge >= 0.3 is 0 Å². The van der Waals surface area contributed by atoms with Gasteiger partial charge in [-0.05, 0) is 65.2 Å². The molecule has 1 N–H and O–H groups in total. The number of rotatable bonds is 7. The highest BCUT2D eigenvalue weighted by Gasteiger charge is 2.44. The number of anilines is 1. The van der Waals surface area contributed by atoms with Crippen molar-refractivity contribution in [3.05, 3.63) is 119 Å². The Morgan fingerprint density at radius 3 is 2.39 bits per heavy atom. The quantitative estimate of drug-likeness (QED) is 0.241. The Hall–Kier alpha value is -4.76. The molecule has 5 aromatic rings. The predicted octanol–water partition coefficient (Wildman–Crippen LogP) is 6.57. The number of carbonyl (C=O) groups excluding carboxylic acids is 2. The molecule has 2 atom stereocenters. The Morgan fingerprint density at radius 2 is 1.66 bits per heavy atom. The molecule has 1 aromatic heterocycles. The number of halogens is 1. The number of thiazole rings is 1. The van der Waals surface area contributed by atoms with Crippen LogP contribution in [0.25, 0.3) is 10.2 Å². The number of amides is 2. The third-order valence-corrected chi connectivity index (χ3v) is 8.20. The van der Waals surface area contributed by atoms with Gasteiger partial charge in [0.25, 0.3) is 5.91 Å². The summed E-state index contributed by atoms with van der Waals surface area (Å²) >= 11 is 1.35. The van der Waals surface area contributed by atoms with E-state index < -0.39 is 12.0 Å². The average molecular weight is 568 g/mol. The highest BCUT2D eigenvalue weighted by molar-refractivity contribution is 7.22. The number of aromatic nitrogens is 1. The molecule has 1 aliphatic rings. The van der Waals surface area contributed by atoms with Crippen LogP contribution in [0.3, 0.4) is 0 Å². The molecule has 2 heterocycles. The molecule has 0 unspecified atom stereocenters. The van der Waals surface area contributed by atoms with Gasteiger partial charge in [0.15, 0.2) is 5.13 Å². The molecule has 4 aromatic carbocycles. The zero-order valence-electron chi connectivity index (χ0n) is 22.3. The van der Waals surface area contributed by atoms with Gasteiger partial charge in [-0.1, -0.05) is 53.8 Å². The van der Waals surface area contributed by atoms with Gasteiger partial charge < -0.3 is 19.7 Å². The molecule has 9 heteroatoms. The standard InChI is InChI=1S/C32H26FN3O4S/c1-39-22-13-9-20(10-14-22)29-28(30(37)35-32-34-26-16-15-23(40-2)17-27(26)41-32)24-5-3-4-6-25(24)31(38)36(29)18-19-7-11-21(33)12-8-19/h3-17,28-29H,18H2,1-2H3,(H,34,35,37)/t28-,29-/m1/s1. The summed E-state index contributed by atoms with van der Waals surface area (Å²) in [6.07, 6.45) is 0. The number of carbonyl (C=O) groups is 2. The molecule has 1 aliphatic heterocycles. The van der Waals surface area contributed by atoms with Crippen molar-refractivity contribution in [1.82, 2.24) is 9.88 Å². The minimum absolute atomic E-state index is 0.189. The number of methoxy groups -OCH3 is 2. The second-order valence-electron chi connectivity index (χ2n) is 9.68. The average Bonchev–Trinajstić information content (AvgIpc) is 3.40. The largest absolute Gasteiger partial charge is 0.497 e. The van der Waals surface area contributed by atoms with E-state index in [2.05, 4.69) is 10.3 Å². The minimum Gasteiger partial charge on any atom is -0.497 e. The predicted molar refractivity (Wildman–Crippen MR) is 156 cm³/mol. The van der Waals surface area contributed by atoms with Crippen LogP contribution in [0.15, 0.2) is 91.0 Å². The van der Waals surface area contributed by atoms with Crippen molar-refractivity contribution in [3.63, 3.8) is 0 Å². The summed E-state index contributed by atoms with van der Waals surface area (Å²) < 4.78 is 25.3. The number of benzene rings is 4. The Kier molecular flexibility index (Phi) is 7.11. The SMILES string of the molecule is COc1ccc([C@@H]2[C@H](C(=O)Nc3nc4ccc(OC)cc4s3)c3ccccc3C(=O)N2Cc2ccc(F)cc2)cc1. The normalized spacial score (nSPS) is 16.4. The number of fused-ring (bicyclic) bond motifs is 2. The van der Waals surface area contributed by atoms with Crippen LogP contribution in [-0.2, 0) is 11.3 Å². The number of nitrogens with one attached hydrogen (secondary N) is 1. The van der Waals surface area contributed by atoms with Crippen molar-refractivity contribution < 1.29 is 23.5 Å². The van der Waals surface area contributed by atoms with E-state index in [1.807, 2.05) is 54.6 Å². The molecule has 0 radical (unpaired) electrons. The fraction of sp³-hybridized carbons (Fsp3) is 0.156. The molecule has 41 heavy (non-hydrogen) atoms. The lowest BCUT2D eigenvalue weighted by Gasteiger charge is -2.42. The molecule has 0 aliphatic carbocycles. The van der Waals surface area contributed by atoms with Crippen molar-refractivity contribution in [2.75, 3.05) is 19.5 Å². The van der Waals surface area contributed by atoms with E-state index in [0.29, 0.717) is 27.8 Å². The van der Waals surface area contributed by atoms with E-state index >= 15 is 0 Å². The first kappa shape index (κ1) is 26.5. The Labute approximate surface area is 240 Å². The number of nitrogens with zero attached hydrogens (tertiary/aromatic N) is 2. The number of ether oxygens (including phenoxy) is 2. The van der Waals surface area contributed by atoms with Gasteiger partial charge in [-0.3, -0.25) is 9.59 Å². The lowest BCUT2D eigenvalue weighted by Crippen LogP contribution is -2.45. The summed E-state index contributed by atoms with van der Waals surface area (Å²) in [6.45, 7) is 0.189. The molecule has 7 nitrogen and oxygen atoms in total. The zero-order valence-corrected chi connectivity index (χ0v) is 23.2. The molecular formula is C32H26FN3O4S. The second kappa shape index (κ2) is 11.0. The van der Waals surface area contributed by atoms with Crippen LogP contribution in [-0.4, -0.2) is 35.9 Å².